The highest BCUT2D eigenvalue weighted by molar-refractivity contribution is 8.23. The molecule has 0 bridgehead atoms. The molecule has 0 aliphatic carbocycles. The van der Waals surface area contributed by atoms with Crippen molar-refractivity contribution in [3.05, 3.63) is 0 Å². The first-order valence-corrected chi connectivity index (χ1v) is 9.26. The number of ether oxygens (including phenoxy) is 4. The summed E-state index contributed by atoms with van der Waals surface area (Å²) in [7, 11) is 0. The third-order valence-electron chi connectivity index (χ3n) is 2.32. The quantitative estimate of drug-likeness (QED) is 0.673. The van der Waals surface area contributed by atoms with Gasteiger partial charge in [0.2, 0.25) is 8.77 Å². The Morgan fingerprint density at radius 1 is 0.950 bits per heavy atom. The monoisotopic (exact) mass is 356 g/mol. The lowest BCUT2D eigenvalue weighted by Crippen LogP contribution is -2.17. The van der Waals surface area contributed by atoms with E-state index in [2.05, 4.69) is 0 Å². The normalized spacial score (nSPS) is 24.9. The summed E-state index contributed by atoms with van der Waals surface area (Å²) >= 11 is 12.8. The molecule has 2 unspecified atom stereocenters. The summed E-state index contributed by atoms with van der Waals surface area (Å²) in [6, 6.07) is 0. The first-order chi connectivity index (χ1) is 9.65. The molecule has 0 aromatic rings. The van der Waals surface area contributed by atoms with Crippen LogP contribution in [0.2, 0.25) is 0 Å². The van der Waals surface area contributed by atoms with E-state index in [4.69, 9.17) is 43.4 Å². The van der Waals surface area contributed by atoms with Crippen LogP contribution >= 0.6 is 48.0 Å². The molecule has 2 aliphatic heterocycles. The third-order valence-corrected chi connectivity index (χ3v) is 4.96. The van der Waals surface area contributed by atoms with Gasteiger partial charge in [0.15, 0.2) is 0 Å². The number of rotatable bonds is 6. The highest BCUT2D eigenvalue weighted by Crippen LogP contribution is 2.20. The van der Waals surface area contributed by atoms with E-state index < -0.39 is 0 Å². The van der Waals surface area contributed by atoms with E-state index in [9.17, 15) is 0 Å². The maximum Gasteiger partial charge on any atom is 0.220 e. The van der Waals surface area contributed by atoms with Crippen molar-refractivity contribution in [1.29, 1.82) is 0 Å². The molecule has 116 valence electrons. The molecule has 0 saturated carbocycles. The molecule has 0 amide bonds. The second kappa shape index (κ2) is 11.0. The smallest absolute Gasteiger partial charge is 0.220 e. The minimum absolute atomic E-state index is 0.192. The number of thioether (sulfide) groups is 2. The SMILES string of the molecule is CCOCC1CSC(=S)O1.CCOCC1CSC(=S)O1. The Labute approximate surface area is 139 Å². The largest absolute Gasteiger partial charge is 0.472 e. The topological polar surface area (TPSA) is 36.9 Å². The van der Waals surface area contributed by atoms with Gasteiger partial charge in [-0.05, 0) is 38.3 Å². The number of hydrogen-bond acceptors (Lipinski definition) is 8. The van der Waals surface area contributed by atoms with Gasteiger partial charge in [-0.2, -0.15) is 0 Å². The Morgan fingerprint density at radius 2 is 1.35 bits per heavy atom. The van der Waals surface area contributed by atoms with Gasteiger partial charge >= 0.3 is 0 Å². The van der Waals surface area contributed by atoms with E-state index in [0.717, 1.165) is 24.7 Å². The number of thiocarbonyl (C=S) groups is 2. The van der Waals surface area contributed by atoms with Crippen LogP contribution in [0.5, 0.6) is 0 Å². The average molecular weight is 357 g/mol. The summed E-state index contributed by atoms with van der Waals surface area (Å²) in [5, 5.41) is 0. The summed E-state index contributed by atoms with van der Waals surface area (Å²) in [5.74, 6) is 1.89. The number of hydrogen-bond donors (Lipinski definition) is 0. The van der Waals surface area contributed by atoms with E-state index in [0.29, 0.717) is 22.0 Å². The maximum atomic E-state index is 5.23. The van der Waals surface area contributed by atoms with Crippen LogP contribution in [-0.2, 0) is 18.9 Å². The van der Waals surface area contributed by atoms with Gasteiger partial charge in [-0.25, -0.2) is 0 Å². The molecule has 2 saturated heterocycles. The fourth-order valence-electron chi connectivity index (χ4n) is 1.39. The van der Waals surface area contributed by atoms with Crippen LogP contribution < -0.4 is 0 Å². The molecule has 0 aromatic heterocycles. The molecule has 2 aliphatic rings. The van der Waals surface area contributed by atoms with Gasteiger partial charge in [-0.15, -0.1) is 0 Å². The zero-order valence-electron chi connectivity index (χ0n) is 11.7. The second-order valence-electron chi connectivity index (χ2n) is 3.92. The lowest BCUT2D eigenvalue weighted by atomic mass is 10.4. The van der Waals surface area contributed by atoms with E-state index in [1.807, 2.05) is 13.8 Å². The van der Waals surface area contributed by atoms with Crippen LogP contribution in [0.15, 0.2) is 0 Å². The lowest BCUT2D eigenvalue weighted by molar-refractivity contribution is 0.0696. The minimum Gasteiger partial charge on any atom is -0.472 e. The van der Waals surface area contributed by atoms with Crippen LogP contribution in [-0.4, -0.2) is 58.9 Å². The van der Waals surface area contributed by atoms with Crippen LogP contribution in [0.3, 0.4) is 0 Å². The van der Waals surface area contributed by atoms with Crippen LogP contribution in [0, 0.1) is 0 Å². The Morgan fingerprint density at radius 3 is 1.60 bits per heavy atom. The third kappa shape index (κ3) is 7.99. The summed E-state index contributed by atoms with van der Waals surface area (Å²) in [5.41, 5.74) is 0. The van der Waals surface area contributed by atoms with Crippen molar-refractivity contribution in [2.24, 2.45) is 0 Å². The Hall–Kier alpha value is 0.400. The van der Waals surface area contributed by atoms with Crippen molar-refractivity contribution in [3.8, 4) is 0 Å². The predicted octanol–water partition coefficient (Wildman–Crippen LogP) is 2.88. The molecule has 2 atom stereocenters. The zero-order chi connectivity index (χ0) is 14.8. The van der Waals surface area contributed by atoms with Crippen molar-refractivity contribution >= 4 is 56.7 Å². The van der Waals surface area contributed by atoms with Crippen LogP contribution in [0.4, 0.5) is 0 Å². The Bertz CT molecular complexity index is 284. The summed E-state index contributed by atoms with van der Waals surface area (Å²) in [6.45, 7) is 6.78. The van der Waals surface area contributed by atoms with Gasteiger partial charge in [-0.3, -0.25) is 0 Å². The molecule has 4 nitrogen and oxygen atoms in total. The lowest BCUT2D eigenvalue weighted by Gasteiger charge is -2.07. The van der Waals surface area contributed by atoms with Crippen LogP contribution in [0.1, 0.15) is 13.8 Å². The molecule has 0 radical (unpaired) electrons. The summed E-state index contributed by atoms with van der Waals surface area (Å²) in [4.78, 5) is 0. The van der Waals surface area contributed by atoms with E-state index in [1.54, 1.807) is 23.5 Å². The van der Waals surface area contributed by atoms with E-state index in [1.165, 1.54) is 0 Å². The first kappa shape index (κ1) is 18.4. The molecule has 2 heterocycles. The van der Waals surface area contributed by atoms with Gasteiger partial charge in [-0.1, -0.05) is 23.5 Å². The minimum atomic E-state index is 0.192. The molecule has 20 heavy (non-hydrogen) atoms. The van der Waals surface area contributed by atoms with Gasteiger partial charge < -0.3 is 18.9 Å². The van der Waals surface area contributed by atoms with Crippen molar-refractivity contribution in [1.82, 2.24) is 0 Å². The van der Waals surface area contributed by atoms with Gasteiger partial charge in [0.25, 0.3) is 0 Å². The van der Waals surface area contributed by atoms with Crippen molar-refractivity contribution in [2.75, 3.05) is 37.9 Å². The zero-order valence-corrected chi connectivity index (χ0v) is 14.9. The molecule has 0 N–H and O–H groups in total. The van der Waals surface area contributed by atoms with Crippen molar-refractivity contribution in [2.45, 2.75) is 26.1 Å². The van der Waals surface area contributed by atoms with Gasteiger partial charge in [0.05, 0.1) is 13.2 Å². The maximum absolute atomic E-state index is 5.23. The molecule has 8 heteroatoms. The molecular formula is C12H20O4S4. The average Bonchev–Trinajstić information content (AvgIpc) is 3.03. The Kier molecular flexibility index (Phi) is 10.2. The highest BCUT2D eigenvalue weighted by Gasteiger charge is 2.21. The molecule has 0 aromatic carbocycles. The fraction of sp³-hybridized carbons (Fsp3) is 0.833. The van der Waals surface area contributed by atoms with Gasteiger partial charge in [0.1, 0.15) is 12.2 Å². The van der Waals surface area contributed by atoms with Gasteiger partial charge in [0, 0.05) is 24.7 Å². The Balaban J connectivity index is 0.000000200. The first-order valence-electron chi connectivity index (χ1n) is 6.48. The fourth-order valence-corrected chi connectivity index (χ4v) is 3.45. The molecular weight excluding hydrogens is 336 g/mol. The molecule has 0 spiro atoms. The van der Waals surface area contributed by atoms with Crippen LogP contribution in [0.25, 0.3) is 0 Å². The molecule has 2 rings (SSSR count). The summed E-state index contributed by atoms with van der Waals surface area (Å²) in [6.07, 6.45) is 0.384. The van der Waals surface area contributed by atoms with E-state index >= 15 is 0 Å². The predicted molar refractivity (Wildman–Crippen MR) is 92.8 cm³/mol. The van der Waals surface area contributed by atoms with E-state index in [-0.39, 0.29) is 12.2 Å². The van der Waals surface area contributed by atoms with Crippen molar-refractivity contribution in [3.63, 3.8) is 0 Å². The van der Waals surface area contributed by atoms with Crippen molar-refractivity contribution < 1.29 is 18.9 Å². The second-order valence-corrected chi connectivity index (χ2v) is 7.16. The molecule has 2 fully saturated rings. The standard InChI is InChI=1S/2C6H10O2S2/c2*1-2-7-3-5-4-10-6(9)8-5/h2*5H,2-4H2,1H3. The highest BCUT2D eigenvalue weighted by atomic mass is 32.2. The summed E-state index contributed by atoms with van der Waals surface area (Å²) < 4.78 is 22.1.